The van der Waals surface area contributed by atoms with Crippen LogP contribution in [0.5, 0.6) is 0 Å². The molecule has 100 valence electrons. The maximum Gasteiger partial charge on any atom is 0.224 e. The maximum atomic E-state index is 11.5. The predicted octanol–water partition coefficient (Wildman–Crippen LogP) is 2.49. The molecule has 2 rings (SSSR count). The number of anilines is 1. The second-order valence-corrected chi connectivity index (χ2v) is 4.39. The maximum absolute atomic E-state index is 11.5. The van der Waals surface area contributed by atoms with Crippen molar-refractivity contribution < 1.29 is 9.21 Å². The van der Waals surface area contributed by atoms with Crippen molar-refractivity contribution in [3.63, 3.8) is 0 Å². The smallest absolute Gasteiger partial charge is 0.224 e. The molecule has 1 aromatic heterocycles. The van der Waals surface area contributed by atoms with E-state index in [-0.39, 0.29) is 5.91 Å². The van der Waals surface area contributed by atoms with Crippen LogP contribution in [0.15, 0.2) is 41.0 Å². The molecule has 0 saturated carbocycles. The number of carbonyl (C=O) groups is 1. The molecule has 4 nitrogen and oxygen atoms in total. The van der Waals surface area contributed by atoms with Crippen molar-refractivity contribution in [2.45, 2.75) is 19.9 Å². The number of carbonyl (C=O) groups excluding carboxylic acids is 1. The van der Waals surface area contributed by atoms with Gasteiger partial charge in [-0.15, -0.1) is 0 Å². The van der Waals surface area contributed by atoms with Crippen molar-refractivity contribution in [2.75, 3.05) is 12.4 Å². The standard InChI is InChI=1S/C15H18N2O2/c1-11-7-8-19-14(11)10-17-13-6-4-3-5-12(13)9-15(18)16-2/h3-8,17H,9-10H2,1-2H3,(H,16,18). The second kappa shape index (κ2) is 6.09. The Kier molecular flexibility index (Phi) is 4.23. The first-order valence-electron chi connectivity index (χ1n) is 6.26. The van der Waals surface area contributed by atoms with Crippen molar-refractivity contribution in [2.24, 2.45) is 0 Å². The number of hydrogen-bond acceptors (Lipinski definition) is 3. The van der Waals surface area contributed by atoms with Crippen molar-refractivity contribution in [3.8, 4) is 0 Å². The molecule has 0 radical (unpaired) electrons. The van der Waals surface area contributed by atoms with Gasteiger partial charge in [-0.3, -0.25) is 4.79 Å². The molecule has 19 heavy (non-hydrogen) atoms. The molecule has 0 atom stereocenters. The summed E-state index contributed by atoms with van der Waals surface area (Å²) in [6.45, 7) is 2.63. The Morgan fingerprint density at radius 1 is 1.26 bits per heavy atom. The summed E-state index contributed by atoms with van der Waals surface area (Å²) in [5.41, 5.74) is 3.06. The zero-order valence-corrected chi connectivity index (χ0v) is 11.2. The summed E-state index contributed by atoms with van der Waals surface area (Å²) in [7, 11) is 1.64. The van der Waals surface area contributed by atoms with Crippen LogP contribution in [0.25, 0.3) is 0 Å². The van der Waals surface area contributed by atoms with E-state index >= 15 is 0 Å². The minimum atomic E-state index is 0.00318. The van der Waals surface area contributed by atoms with Gasteiger partial charge in [-0.25, -0.2) is 0 Å². The van der Waals surface area contributed by atoms with Crippen LogP contribution in [-0.2, 0) is 17.8 Å². The van der Waals surface area contributed by atoms with Crippen LogP contribution in [0.4, 0.5) is 5.69 Å². The molecular formula is C15H18N2O2. The zero-order chi connectivity index (χ0) is 13.7. The van der Waals surface area contributed by atoms with Crippen LogP contribution in [0, 0.1) is 6.92 Å². The van der Waals surface area contributed by atoms with Crippen molar-refractivity contribution in [1.29, 1.82) is 0 Å². The molecular weight excluding hydrogens is 240 g/mol. The first-order valence-corrected chi connectivity index (χ1v) is 6.26. The molecule has 0 bridgehead atoms. The number of hydrogen-bond donors (Lipinski definition) is 2. The first-order chi connectivity index (χ1) is 9.20. The Morgan fingerprint density at radius 2 is 2.05 bits per heavy atom. The van der Waals surface area contributed by atoms with Crippen LogP contribution >= 0.6 is 0 Å². The molecule has 0 saturated heterocycles. The summed E-state index contributed by atoms with van der Waals surface area (Å²) in [6, 6.07) is 9.74. The van der Waals surface area contributed by atoms with E-state index in [9.17, 15) is 4.79 Å². The van der Waals surface area contributed by atoms with Gasteiger partial charge in [0.2, 0.25) is 5.91 Å². The number of furan rings is 1. The third-order valence-electron chi connectivity index (χ3n) is 3.05. The van der Waals surface area contributed by atoms with E-state index in [2.05, 4.69) is 10.6 Å². The molecule has 4 heteroatoms. The fraction of sp³-hybridized carbons (Fsp3) is 0.267. The fourth-order valence-electron chi connectivity index (χ4n) is 1.87. The molecule has 1 heterocycles. The van der Waals surface area contributed by atoms with Gasteiger partial charge < -0.3 is 15.1 Å². The fourth-order valence-corrected chi connectivity index (χ4v) is 1.87. The summed E-state index contributed by atoms with van der Waals surface area (Å²) in [4.78, 5) is 11.5. The van der Waals surface area contributed by atoms with Crippen LogP contribution < -0.4 is 10.6 Å². The Morgan fingerprint density at radius 3 is 2.74 bits per heavy atom. The highest BCUT2D eigenvalue weighted by molar-refractivity contribution is 5.80. The van der Waals surface area contributed by atoms with Gasteiger partial charge in [-0.1, -0.05) is 18.2 Å². The summed E-state index contributed by atoms with van der Waals surface area (Å²) in [5, 5.41) is 5.95. The van der Waals surface area contributed by atoms with E-state index in [0.29, 0.717) is 13.0 Å². The lowest BCUT2D eigenvalue weighted by Crippen LogP contribution is -2.20. The summed E-state index contributed by atoms with van der Waals surface area (Å²) < 4.78 is 5.39. The third kappa shape index (κ3) is 3.37. The van der Waals surface area contributed by atoms with Crippen LogP contribution in [0.1, 0.15) is 16.9 Å². The third-order valence-corrected chi connectivity index (χ3v) is 3.05. The molecule has 1 amide bonds. The van der Waals surface area contributed by atoms with E-state index in [4.69, 9.17) is 4.42 Å². The molecule has 2 N–H and O–H groups in total. The van der Waals surface area contributed by atoms with Crippen LogP contribution in [-0.4, -0.2) is 13.0 Å². The number of amides is 1. The average molecular weight is 258 g/mol. The molecule has 0 aliphatic rings. The van der Waals surface area contributed by atoms with Crippen LogP contribution in [0.3, 0.4) is 0 Å². The zero-order valence-electron chi connectivity index (χ0n) is 11.2. The first kappa shape index (κ1) is 13.2. The van der Waals surface area contributed by atoms with Gasteiger partial charge in [-0.05, 0) is 30.2 Å². The number of rotatable bonds is 5. The summed E-state index contributed by atoms with van der Waals surface area (Å²) in [6.07, 6.45) is 2.06. The molecule has 0 spiro atoms. The lowest BCUT2D eigenvalue weighted by Gasteiger charge is -2.11. The Hall–Kier alpha value is -2.23. The number of benzene rings is 1. The molecule has 0 unspecified atom stereocenters. The number of likely N-dealkylation sites (N-methyl/N-ethyl adjacent to an activating group) is 1. The number of nitrogens with one attached hydrogen (secondary N) is 2. The molecule has 0 fully saturated rings. The predicted molar refractivity (Wildman–Crippen MR) is 75.0 cm³/mol. The van der Waals surface area contributed by atoms with E-state index in [1.165, 1.54) is 0 Å². The number of para-hydroxylation sites is 1. The Bertz CT molecular complexity index is 561. The second-order valence-electron chi connectivity index (χ2n) is 4.39. The van der Waals surface area contributed by atoms with Gasteiger partial charge in [0.1, 0.15) is 5.76 Å². The van der Waals surface area contributed by atoms with E-state index < -0.39 is 0 Å². The van der Waals surface area contributed by atoms with Gasteiger partial charge in [0.15, 0.2) is 0 Å². The molecule has 0 aliphatic heterocycles. The average Bonchev–Trinajstić information content (AvgIpc) is 2.83. The lowest BCUT2D eigenvalue weighted by molar-refractivity contribution is -0.119. The van der Waals surface area contributed by atoms with Gasteiger partial charge in [0, 0.05) is 12.7 Å². The highest BCUT2D eigenvalue weighted by Crippen LogP contribution is 2.18. The van der Waals surface area contributed by atoms with E-state index in [0.717, 1.165) is 22.6 Å². The number of aryl methyl sites for hydroxylation is 1. The van der Waals surface area contributed by atoms with Gasteiger partial charge in [-0.2, -0.15) is 0 Å². The quantitative estimate of drug-likeness (QED) is 0.866. The van der Waals surface area contributed by atoms with Gasteiger partial charge in [0.25, 0.3) is 0 Å². The van der Waals surface area contributed by atoms with Crippen LogP contribution in [0.2, 0.25) is 0 Å². The summed E-state index contributed by atoms with van der Waals surface area (Å²) in [5.74, 6) is 0.915. The Labute approximate surface area is 112 Å². The monoisotopic (exact) mass is 258 g/mol. The minimum absolute atomic E-state index is 0.00318. The summed E-state index contributed by atoms with van der Waals surface area (Å²) >= 11 is 0. The minimum Gasteiger partial charge on any atom is -0.467 e. The van der Waals surface area contributed by atoms with E-state index in [1.54, 1.807) is 13.3 Å². The van der Waals surface area contributed by atoms with Crippen molar-refractivity contribution in [3.05, 3.63) is 53.5 Å². The van der Waals surface area contributed by atoms with Crippen molar-refractivity contribution in [1.82, 2.24) is 5.32 Å². The van der Waals surface area contributed by atoms with Gasteiger partial charge in [0.05, 0.1) is 19.2 Å². The topological polar surface area (TPSA) is 54.3 Å². The van der Waals surface area contributed by atoms with Crippen molar-refractivity contribution >= 4 is 11.6 Å². The largest absolute Gasteiger partial charge is 0.467 e. The molecule has 2 aromatic rings. The molecule has 1 aromatic carbocycles. The normalized spacial score (nSPS) is 10.2. The molecule has 0 aliphatic carbocycles. The Balaban J connectivity index is 2.07. The van der Waals surface area contributed by atoms with Gasteiger partial charge >= 0.3 is 0 Å². The van der Waals surface area contributed by atoms with E-state index in [1.807, 2.05) is 37.3 Å². The highest BCUT2D eigenvalue weighted by atomic mass is 16.3. The SMILES string of the molecule is CNC(=O)Cc1ccccc1NCc1occc1C. The highest BCUT2D eigenvalue weighted by Gasteiger charge is 2.07. The lowest BCUT2D eigenvalue weighted by atomic mass is 10.1.